The van der Waals surface area contributed by atoms with E-state index in [1.807, 2.05) is 18.2 Å². The minimum Gasteiger partial charge on any atom is -0.389 e. The molecule has 0 bridgehead atoms. The Balaban J connectivity index is 2.22. The number of benzene rings is 1. The standard InChI is InChI=1S/C14H15N3S/c1-2-10-4-3-5-12(8-10)17-13-9-11(14(15)18)6-7-16-13/h3-9H,2H2,1H3,(H2,15,18)(H,16,17). The van der Waals surface area contributed by atoms with Crippen LogP contribution >= 0.6 is 12.2 Å². The van der Waals surface area contributed by atoms with Gasteiger partial charge in [0.05, 0.1) is 0 Å². The van der Waals surface area contributed by atoms with E-state index in [0.717, 1.165) is 23.5 Å². The highest BCUT2D eigenvalue weighted by molar-refractivity contribution is 7.80. The SMILES string of the molecule is CCc1cccc(Nc2cc(C(N)=S)ccn2)c1. The first-order chi connectivity index (χ1) is 8.69. The highest BCUT2D eigenvalue weighted by Crippen LogP contribution is 2.17. The van der Waals surface area contributed by atoms with Crippen molar-refractivity contribution in [1.82, 2.24) is 4.98 Å². The van der Waals surface area contributed by atoms with Crippen molar-refractivity contribution >= 4 is 28.7 Å². The van der Waals surface area contributed by atoms with Crippen LogP contribution in [-0.2, 0) is 6.42 Å². The summed E-state index contributed by atoms with van der Waals surface area (Å²) in [5.41, 5.74) is 8.71. The molecule has 2 aromatic rings. The molecule has 1 aromatic carbocycles. The fraction of sp³-hybridized carbons (Fsp3) is 0.143. The van der Waals surface area contributed by atoms with Crippen molar-refractivity contribution in [3.05, 3.63) is 53.7 Å². The van der Waals surface area contributed by atoms with Crippen LogP contribution in [0.25, 0.3) is 0 Å². The Morgan fingerprint density at radius 3 is 2.89 bits per heavy atom. The summed E-state index contributed by atoms with van der Waals surface area (Å²) in [7, 11) is 0. The molecule has 0 aliphatic heterocycles. The molecule has 0 saturated heterocycles. The molecule has 0 saturated carbocycles. The number of aryl methyl sites for hydroxylation is 1. The zero-order valence-corrected chi connectivity index (χ0v) is 11.0. The van der Waals surface area contributed by atoms with Crippen LogP contribution in [0.15, 0.2) is 42.6 Å². The van der Waals surface area contributed by atoms with Crippen molar-refractivity contribution in [2.24, 2.45) is 5.73 Å². The largest absolute Gasteiger partial charge is 0.389 e. The average Bonchev–Trinajstić information content (AvgIpc) is 2.39. The van der Waals surface area contributed by atoms with Crippen molar-refractivity contribution in [1.29, 1.82) is 0 Å². The van der Waals surface area contributed by atoms with Gasteiger partial charge in [-0.05, 0) is 36.2 Å². The summed E-state index contributed by atoms with van der Waals surface area (Å²) in [6.07, 6.45) is 2.70. The van der Waals surface area contributed by atoms with E-state index >= 15 is 0 Å². The van der Waals surface area contributed by atoms with E-state index in [0.29, 0.717) is 4.99 Å². The van der Waals surface area contributed by atoms with Crippen LogP contribution in [0, 0.1) is 0 Å². The number of aromatic nitrogens is 1. The first-order valence-corrected chi connectivity index (χ1v) is 6.21. The third kappa shape index (κ3) is 3.05. The van der Waals surface area contributed by atoms with Gasteiger partial charge in [-0.2, -0.15) is 0 Å². The number of nitrogens with one attached hydrogen (secondary N) is 1. The van der Waals surface area contributed by atoms with Crippen LogP contribution < -0.4 is 11.1 Å². The minimum absolute atomic E-state index is 0.378. The summed E-state index contributed by atoms with van der Waals surface area (Å²) < 4.78 is 0. The van der Waals surface area contributed by atoms with Gasteiger partial charge in [0.2, 0.25) is 0 Å². The predicted molar refractivity (Wildman–Crippen MR) is 79.2 cm³/mol. The van der Waals surface area contributed by atoms with Gasteiger partial charge < -0.3 is 11.1 Å². The van der Waals surface area contributed by atoms with Gasteiger partial charge in [-0.15, -0.1) is 0 Å². The Labute approximate surface area is 112 Å². The summed E-state index contributed by atoms with van der Waals surface area (Å²) >= 11 is 4.95. The van der Waals surface area contributed by atoms with Gasteiger partial charge in [-0.3, -0.25) is 0 Å². The van der Waals surface area contributed by atoms with Gasteiger partial charge in [0.1, 0.15) is 10.8 Å². The van der Waals surface area contributed by atoms with E-state index in [1.165, 1.54) is 5.56 Å². The van der Waals surface area contributed by atoms with E-state index in [4.69, 9.17) is 18.0 Å². The highest BCUT2D eigenvalue weighted by atomic mass is 32.1. The summed E-state index contributed by atoms with van der Waals surface area (Å²) in [5.74, 6) is 0.744. The van der Waals surface area contributed by atoms with Crippen LogP contribution in [-0.4, -0.2) is 9.97 Å². The maximum Gasteiger partial charge on any atom is 0.130 e. The number of hydrogen-bond acceptors (Lipinski definition) is 3. The van der Waals surface area contributed by atoms with Gasteiger partial charge in [-0.25, -0.2) is 4.98 Å². The molecular weight excluding hydrogens is 242 g/mol. The normalized spacial score (nSPS) is 10.1. The summed E-state index contributed by atoms with van der Waals surface area (Å²) in [6, 6.07) is 11.9. The summed E-state index contributed by atoms with van der Waals surface area (Å²) in [4.78, 5) is 4.62. The molecule has 92 valence electrons. The minimum atomic E-state index is 0.378. The lowest BCUT2D eigenvalue weighted by atomic mass is 10.1. The smallest absolute Gasteiger partial charge is 0.130 e. The Morgan fingerprint density at radius 2 is 2.17 bits per heavy atom. The molecule has 0 atom stereocenters. The van der Waals surface area contributed by atoms with Gasteiger partial charge in [0, 0.05) is 17.4 Å². The zero-order chi connectivity index (χ0) is 13.0. The third-order valence-electron chi connectivity index (χ3n) is 2.65. The van der Waals surface area contributed by atoms with E-state index in [1.54, 1.807) is 12.3 Å². The molecule has 0 radical (unpaired) electrons. The predicted octanol–water partition coefficient (Wildman–Crippen LogP) is 3.02. The van der Waals surface area contributed by atoms with Crippen molar-refractivity contribution < 1.29 is 0 Å². The first-order valence-electron chi connectivity index (χ1n) is 5.81. The number of pyridine rings is 1. The quantitative estimate of drug-likeness (QED) is 0.827. The average molecular weight is 257 g/mol. The fourth-order valence-electron chi connectivity index (χ4n) is 1.67. The molecule has 3 N–H and O–H groups in total. The number of nitrogens with zero attached hydrogens (tertiary/aromatic N) is 1. The van der Waals surface area contributed by atoms with Gasteiger partial charge in [0.15, 0.2) is 0 Å². The van der Waals surface area contributed by atoms with E-state index in [2.05, 4.69) is 29.4 Å². The number of hydrogen-bond donors (Lipinski definition) is 2. The molecule has 3 nitrogen and oxygen atoms in total. The lowest BCUT2D eigenvalue weighted by molar-refractivity contribution is 1.14. The van der Waals surface area contributed by atoms with E-state index in [9.17, 15) is 0 Å². The lowest BCUT2D eigenvalue weighted by Gasteiger charge is -2.08. The Morgan fingerprint density at radius 1 is 1.33 bits per heavy atom. The van der Waals surface area contributed by atoms with E-state index < -0.39 is 0 Å². The molecular formula is C14H15N3S. The maximum atomic E-state index is 5.60. The lowest BCUT2D eigenvalue weighted by Crippen LogP contribution is -2.09. The van der Waals surface area contributed by atoms with Gasteiger partial charge in [-0.1, -0.05) is 31.3 Å². The molecule has 1 heterocycles. The number of nitrogens with two attached hydrogens (primary N) is 1. The fourth-order valence-corrected chi connectivity index (χ4v) is 1.80. The zero-order valence-electron chi connectivity index (χ0n) is 10.2. The van der Waals surface area contributed by atoms with E-state index in [-0.39, 0.29) is 0 Å². The Hall–Kier alpha value is -1.94. The monoisotopic (exact) mass is 257 g/mol. The van der Waals surface area contributed by atoms with Gasteiger partial charge >= 0.3 is 0 Å². The maximum absolute atomic E-state index is 5.60. The number of rotatable bonds is 4. The third-order valence-corrected chi connectivity index (χ3v) is 2.89. The van der Waals surface area contributed by atoms with Crippen LogP contribution in [0.5, 0.6) is 0 Å². The van der Waals surface area contributed by atoms with Crippen LogP contribution in [0.1, 0.15) is 18.1 Å². The molecule has 4 heteroatoms. The molecule has 0 unspecified atom stereocenters. The molecule has 0 aliphatic rings. The topological polar surface area (TPSA) is 50.9 Å². The van der Waals surface area contributed by atoms with Crippen molar-refractivity contribution in [2.45, 2.75) is 13.3 Å². The van der Waals surface area contributed by atoms with Crippen LogP contribution in [0.4, 0.5) is 11.5 Å². The Kier molecular flexibility index (Phi) is 3.89. The van der Waals surface area contributed by atoms with Crippen LogP contribution in [0.2, 0.25) is 0 Å². The molecule has 0 amide bonds. The second-order valence-electron chi connectivity index (χ2n) is 3.97. The van der Waals surface area contributed by atoms with Crippen LogP contribution in [0.3, 0.4) is 0 Å². The second-order valence-corrected chi connectivity index (χ2v) is 4.41. The molecule has 1 aromatic heterocycles. The molecule has 2 rings (SSSR count). The molecule has 0 spiro atoms. The highest BCUT2D eigenvalue weighted by Gasteiger charge is 2.00. The van der Waals surface area contributed by atoms with Crippen molar-refractivity contribution in [3.63, 3.8) is 0 Å². The summed E-state index contributed by atoms with van der Waals surface area (Å²) in [5, 5.41) is 3.25. The number of thiocarbonyl (C=S) groups is 1. The van der Waals surface area contributed by atoms with Gasteiger partial charge in [0.25, 0.3) is 0 Å². The van der Waals surface area contributed by atoms with Crippen molar-refractivity contribution in [3.8, 4) is 0 Å². The Bertz CT molecular complexity index is 566. The second kappa shape index (κ2) is 5.60. The summed E-state index contributed by atoms with van der Waals surface area (Å²) in [6.45, 7) is 2.13. The van der Waals surface area contributed by atoms with Crippen molar-refractivity contribution in [2.75, 3.05) is 5.32 Å². The molecule has 0 aliphatic carbocycles. The number of anilines is 2. The molecule has 18 heavy (non-hydrogen) atoms. The molecule has 0 fully saturated rings. The first kappa shape index (κ1) is 12.5.